The average Bonchev–Trinajstić information content (AvgIpc) is 2.94. The first-order valence-corrected chi connectivity index (χ1v) is 7.12. The molecule has 0 spiro atoms. The molecule has 3 heteroatoms. The van der Waals surface area contributed by atoms with Gasteiger partial charge in [0.15, 0.2) is 0 Å². The summed E-state index contributed by atoms with van der Waals surface area (Å²) < 4.78 is 11.8. The van der Waals surface area contributed by atoms with Gasteiger partial charge in [-0.1, -0.05) is 36.4 Å². The number of aryl methyl sites for hydroxylation is 1. The van der Waals surface area contributed by atoms with E-state index in [4.69, 9.17) is 9.15 Å². The van der Waals surface area contributed by atoms with Crippen molar-refractivity contribution in [3.63, 3.8) is 0 Å². The Balaban J connectivity index is 1.80. The van der Waals surface area contributed by atoms with Gasteiger partial charge in [0, 0.05) is 5.39 Å². The van der Waals surface area contributed by atoms with Crippen LogP contribution < -0.4 is 10.1 Å². The second-order valence-electron chi connectivity index (χ2n) is 5.11. The summed E-state index contributed by atoms with van der Waals surface area (Å²) in [6.07, 6.45) is 0. The quantitative estimate of drug-likeness (QED) is 0.765. The minimum Gasteiger partial charge on any atom is -0.491 e. The predicted molar refractivity (Wildman–Crippen MR) is 84.7 cm³/mol. The predicted octanol–water partition coefficient (Wildman–Crippen LogP) is 4.08. The van der Waals surface area contributed by atoms with Crippen LogP contribution in [0.15, 0.2) is 59.0 Å². The largest absolute Gasteiger partial charge is 0.491 e. The van der Waals surface area contributed by atoms with Gasteiger partial charge in [0.2, 0.25) is 0 Å². The number of benzene rings is 2. The summed E-state index contributed by atoms with van der Waals surface area (Å²) in [7, 11) is 1.92. The number of nitrogens with one attached hydrogen (secondary N) is 1. The van der Waals surface area contributed by atoms with Crippen molar-refractivity contribution in [2.45, 2.75) is 13.0 Å². The Labute approximate surface area is 124 Å². The van der Waals surface area contributed by atoms with Gasteiger partial charge in [-0.15, -0.1) is 0 Å². The molecule has 1 atom stereocenters. The molecular formula is C18H19NO2. The van der Waals surface area contributed by atoms with Crippen molar-refractivity contribution in [3.05, 3.63) is 65.9 Å². The third kappa shape index (κ3) is 2.93. The molecule has 3 nitrogen and oxygen atoms in total. The van der Waals surface area contributed by atoms with Crippen molar-refractivity contribution in [3.8, 4) is 5.75 Å². The molecule has 0 fully saturated rings. The summed E-state index contributed by atoms with van der Waals surface area (Å²) in [6.45, 7) is 2.59. The Hall–Kier alpha value is -2.26. The maximum Gasteiger partial charge on any atom is 0.137 e. The lowest BCUT2D eigenvalue weighted by Crippen LogP contribution is -2.22. The number of likely N-dealkylation sites (N-methyl/N-ethyl adjacent to an activating group) is 1. The van der Waals surface area contributed by atoms with E-state index in [1.165, 1.54) is 0 Å². The molecule has 3 rings (SSSR count). The Morgan fingerprint density at radius 2 is 1.90 bits per heavy atom. The molecule has 1 unspecified atom stereocenters. The fourth-order valence-corrected chi connectivity index (χ4v) is 2.40. The fraction of sp³-hybridized carbons (Fsp3) is 0.222. The van der Waals surface area contributed by atoms with Crippen LogP contribution in [0.4, 0.5) is 0 Å². The normalized spacial score (nSPS) is 12.5. The molecule has 0 bridgehead atoms. The number of hydrogen-bond donors (Lipinski definition) is 1. The van der Waals surface area contributed by atoms with E-state index in [-0.39, 0.29) is 6.04 Å². The zero-order valence-corrected chi connectivity index (χ0v) is 12.3. The molecule has 21 heavy (non-hydrogen) atoms. The molecule has 0 aliphatic heterocycles. The minimum absolute atomic E-state index is 0.0250. The maximum absolute atomic E-state index is 6.00. The van der Waals surface area contributed by atoms with Gasteiger partial charge >= 0.3 is 0 Å². The van der Waals surface area contributed by atoms with Crippen LogP contribution in [0.25, 0.3) is 11.0 Å². The van der Waals surface area contributed by atoms with Crippen LogP contribution in [-0.4, -0.2) is 13.7 Å². The molecule has 0 saturated heterocycles. The van der Waals surface area contributed by atoms with Crippen molar-refractivity contribution in [2.24, 2.45) is 0 Å². The van der Waals surface area contributed by atoms with E-state index < -0.39 is 0 Å². The van der Waals surface area contributed by atoms with Crippen LogP contribution in [0.2, 0.25) is 0 Å². The first-order valence-electron chi connectivity index (χ1n) is 7.12. The average molecular weight is 281 g/mol. The molecule has 1 aromatic heterocycles. The third-order valence-corrected chi connectivity index (χ3v) is 3.61. The van der Waals surface area contributed by atoms with E-state index in [2.05, 4.69) is 30.4 Å². The molecule has 0 aliphatic rings. The van der Waals surface area contributed by atoms with E-state index in [0.717, 1.165) is 28.0 Å². The lowest BCUT2D eigenvalue weighted by Gasteiger charge is -2.14. The van der Waals surface area contributed by atoms with Crippen molar-refractivity contribution in [1.82, 2.24) is 5.32 Å². The topological polar surface area (TPSA) is 34.4 Å². The molecule has 0 aliphatic carbocycles. The summed E-state index contributed by atoms with van der Waals surface area (Å²) in [5, 5.41) is 4.38. The van der Waals surface area contributed by atoms with Gasteiger partial charge < -0.3 is 14.5 Å². The summed E-state index contributed by atoms with van der Waals surface area (Å²) in [4.78, 5) is 0. The standard InChI is InChI=1S/C18H19NO2/c1-13-7-6-8-14-11-17(21-18(13)14)16(19-2)12-20-15-9-4-3-5-10-15/h3-11,16,19H,12H2,1-2H3. The molecular weight excluding hydrogens is 262 g/mol. The summed E-state index contributed by atoms with van der Waals surface area (Å²) >= 11 is 0. The Morgan fingerprint density at radius 1 is 1.10 bits per heavy atom. The molecule has 0 radical (unpaired) electrons. The monoisotopic (exact) mass is 281 g/mol. The molecule has 2 aromatic carbocycles. The number of rotatable bonds is 5. The summed E-state index contributed by atoms with van der Waals surface area (Å²) in [5.41, 5.74) is 2.10. The first kappa shape index (κ1) is 13.7. The van der Waals surface area contributed by atoms with Gasteiger partial charge in [0.25, 0.3) is 0 Å². The fourth-order valence-electron chi connectivity index (χ4n) is 2.40. The van der Waals surface area contributed by atoms with Crippen LogP contribution >= 0.6 is 0 Å². The third-order valence-electron chi connectivity index (χ3n) is 3.61. The van der Waals surface area contributed by atoms with Crippen molar-refractivity contribution < 1.29 is 9.15 Å². The second-order valence-corrected chi connectivity index (χ2v) is 5.11. The molecule has 0 amide bonds. The maximum atomic E-state index is 6.00. The van der Waals surface area contributed by atoms with Crippen LogP contribution in [0.3, 0.4) is 0 Å². The number of furan rings is 1. The Kier molecular flexibility index (Phi) is 3.93. The molecule has 1 N–H and O–H groups in total. The lowest BCUT2D eigenvalue weighted by molar-refractivity contribution is 0.256. The van der Waals surface area contributed by atoms with Crippen molar-refractivity contribution in [2.75, 3.05) is 13.7 Å². The first-order chi connectivity index (χ1) is 10.3. The highest BCUT2D eigenvalue weighted by Crippen LogP contribution is 2.26. The van der Waals surface area contributed by atoms with Gasteiger partial charge in [0.05, 0.1) is 6.04 Å². The number of ether oxygens (including phenoxy) is 1. The Bertz CT molecular complexity index is 718. The van der Waals surface area contributed by atoms with E-state index in [1.807, 2.05) is 43.4 Å². The highest BCUT2D eigenvalue weighted by atomic mass is 16.5. The van der Waals surface area contributed by atoms with Crippen molar-refractivity contribution in [1.29, 1.82) is 0 Å². The van der Waals surface area contributed by atoms with Crippen LogP contribution in [0.5, 0.6) is 5.75 Å². The van der Waals surface area contributed by atoms with E-state index in [0.29, 0.717) is 6.61 Å². The number of para-hydroxylation sites is 2. The van der Waals surface area contributed by atoms with Gasteiger partial charge in [-0.2, -0.15) is 0 Å². The number of fused-ring (bicyclic) bond motifs is 1. The summed E-state index contributed by atoms with van der Waals surface area (Å²) in [6, 6.07) is 18.1. The van der Waals surface area contributed by atoms with E-state index in [9.17, 15) is 0 Å². The van der Waals surface area contributed by atoms with Crippen LogP contribution in [0.1, 0.15) is 17.4 Å². The van der Waals surface area contributed by atoms with Gasteiger partial charge in [0.1, 0.15) is 23.7 Å². The molecule has 3 aromatic rings. The molecule has 1 heterocycles. The van der Waals surface area contributed by atoms with Gasteiger partial charge in [-0.25, -0.2) is 0 Å². The van der Waals surface area contributed by atoms with Gasteiger partial charge in [-0.3, -0.25) is 0 Å². The second kappa shape index (κ2) is 6.02. The van der Waals surface area contributed by atoms with Crippen LogP contribution in [-0.2, 0) is 0 Å². The Morgan fingerprint density at radius 3 is 2.62 bits per heavy atom. The van der Waals surface area contributed by atoms with Gasteiger partial charge in [-0.05, 0) is 37.7 Å². The lowest BCUT2D eigenvalue weighted by atomic mass is 10.1. The molecule has 0 saturated carbocycles. The summed E-state index contributed by atoms with van der Waals surface area (Å²) in [5.74, 6) is 1.77. The van der Waals surface area contributed by atoms with E-state index in [1.54, 1.807) is 0 Å². The molecule has 108 valence electrons. The van der Waals surface area contributed by atoms with E-state index >= 15 is 0 Å². The minimum atomic E-state index is 0.0250. The highest BCUT2D eigenvalue weighted by molar-refractivity contribution is 5.81. The SMILES string of the molecule is CNC(COc1ccccc1)c1cc2cccc(C)c2o1. The van der Waals surface area contributed by atoms with Crippen LogP contribution in [0, 0.1) is 6.92 Å². The number of hydrogen-bond acceptors (Lipinski definition) is 3. The zero-order valence-electron chi connectivity index (χ0n) is 12.3. The zero-order chi connectivity index (χ0) is 14.7. The smallest absolute Gasteiger partial charge is 0.137 e. The highest BCUT2D eigenvalue weighted by Gasteiger charge is 2.16. The van der Waals surface area contributed by atoms with Crippen molar-refractivity contribution >= 4 is 11.0 Å².